The zero-order chi connectivity index (χ0) is 14.1. The maximum Gasteiger partial charge on any atom is 0.321 e. The first-order valence-electron chi connectivity index (χ1n) is 6.62. The minimum atomic E-state index is -0.884. The van der Waals surface area contributed by atoms with Crippen molar-refractivity contribution in [2.75, 3.05) is 13.1 Å². The molecular weight excluding hydrogens is 234 g/mol. The molecule has 0 aliphatic heterocycles. The second kappa shape index (κ2) is 8.91. The Labute approximate surface area is 109 Å². The first-order chi connectivity index (χ1) is 8.43. The highest BCUT2D eigenvalue weighted by atomic mass is 16.4. The van der Waals surface area contributed by atoms with E-state index in [1.54, 1.807) is 4.90 Å². The molecule has 0 fully saturated rings. The molecule has 0 aliphatic rings. The van der Waals surface area contributed by atoms with Crippen molar-refractivity contribution in [2.24, 2.45) is 5.92 Å². The number of nitrogens with zero attached hydrogens (tertiary/aromatic N) is 1. The van der Waals surface area contributed by atoms with Crippen molar-refractivity contribution in [2.45, 2.75) is 52.5 Å². The Kier molecular flexibility index (Phi) is 8.37. The van der Waals surface area contributed by atoms with Gasteiger partial charge in [0.2, 0.25) is 0 Å². The highest BCUT2D eigenvalue weighted by Crippen LogP contribution is 2.16. The molecule has 2 unspecified atom stereocenters. The van der Waals surface area contributed by atoms with Crippen LogP contribution >= 0.6 is 0 Å². The van der Waals surface area contributed by atoms with Crippen LogP contribution in [0.15, 0.2) is 0 Å². The predicted molar refractivity (Wildman–Crippen MR) is 69.6 cm³/mol. The van der Waals surface area contributed by atoms with E-state index < -0.39 is 18.0 Å². The number of rotatable bonds is 10. The van der Waals surface area contributed by atoms with Gasteiger partial charge in [-0.05, 0) is 18.9 Å². The summed E-state index contributed by atoms with van der Waals surface area (Å²) in [6.07, 6.45) is 2.62. The highest BCUT2D eigenvalue weighted by molar-refractivity contribution is 5.74. The van der Waals surface area contributed by atoms with E-state index in [4.69, 9.17) is 5.11 Å². The lowest BCUT2D eigenvalue weighted by molar-refractivity contribution is -0.147. The van der Waals surface area contributed by atoms with E-state index in [2.05, 4.69) is 0 Å². The molecule has 0 aromatic carbocycles. The van der Waals surface area contributed by atoms with Crippen LogP contribution in [-0.2, 0) is 9.59 Å². The zero-order valence-corrected chi connectivity index (χ0v) is 11.6. The number of aliphatic carboxylic acids is 2. The van der Waals surface area contributed by atoms with Gasteiger partial charge in [-0.25, -0.2) is 0 Å². The lowest BCUT2D eigenvalue weighted by Crippen LogP contribution is -2.46. The zero-order valence-electron chi connectivity index (χ0n) is 11.6. The molecule has 0 amide bonds. The van der Waals surface area contributed by atoms with E-state index in [1.165, 1.54) is 0 Å². The van der Waals surface area contributed by atoms with Crippen molar-refractivity contribution in [1.82, 2.24) is 4.90 Å². The van der Waals surface area contributed by atoms with E-state index in [0.29, 0.717) is 13.1 Å². The highest BCUT2D eigenvalue weighted by Gasteiger charge is 2.29. The smallest absolute Gasteiger partial charge is 0.321 e. The van der Waals surface area contributed by atoms with Crippen LogP contribution in [0.4, 0.5) is 0 Å². The Morgan fingerprint density at radius 2 is 1.78 bits per heavy atom. The molecule has 0 bridgehead atoms. The lowest BCUT2D eigenvalue weighted by Gasteiger charge is -2.32. The van der Waals surface area contributed by atoms with Gasteiger partial charge in [-0.2, -0.15) is 0 Å². The third kappa shape index (κ3) is 6.00. The monoisotopic (exact) mass is 259 g/mol. The largest absolute Gasteiger partial charge is 0.481 e. The molecule has 2 N–H and O–H groups in total. The Balaban J connectivity index is 4.73. The summed E-state index contributed by atoms with van der Waals surface area (Å²) in [5.41, 5.74) is 0. The van der Waals surface area contributed by atoms with Gasteiger partial charge in [0.25, 0.3) is 0 Å². The van der Waals surface area contributed by atoms with Crippen molar-refractivity contribution in [1.29, 1.82) is 0 Å². The van der Waals surface area contributed by atoms with Crippen LogP contribution in [0.5, 0.6) is 0 Å². The second-order valence-corrected chi connectivity index (χ2v) is 4.70. The van der Waals surface area contributed by atoms with Crippen LogP contribution in [0.2, 0.25) is 0 Å². The van der Waals surface area contributed by atoms with Crippen LogP contribution in [0.1, 0.15) is 46.5 Å². The third-order valence-corrected chi connectivity index (χ3v) is 3.24. The SMILES string of the molecule is CCCCN(CCC(=O)O)C(C(=O)O)C(C)CC. The molecule has 0 rings (SSSR count). The van der Waals surface area contributed by atoms with E-state index in [-0.39, 0.29) is 12.3 Å². The summed E-state index contributed by atoms with van der Waals surface area (Å²) in [6.45, 7) is 6.84. The summed E-state index contributed by atoms with van der Waals surface area (Å²) in [7, 11) is 0. The Bertz CT molecular complexity index is 268. The second-order valence-electron chi connectivity index (χ2n) is 4.70. The van der Waals surface area contributed by atoms with Crippen LogP contribution in [0.3, 0.4) is 0 Å². The minimum Gasteiger partial charge on any atom is -0.481 e. The predicted octanol–water partition coefficient (Wildman–Crippen LogP) is 2.06. The Morgan fingerprint density at radius 3 is 2.17 bits per heavy atom. The molecule has 0 spiro atoms. The summed E-state index contributed by atoms with van der Waals surface area (Å²) >= 11 is 0. The quantitative estimate of drug-likeness (QED) is 0.628. The van der Waals surface area contributed by atoms with Gasteiger partial charge in [0.05, 0.1) is 6.42 Å². The molecule has 0 aromatic rings. The molecule has 0 radical (unpaired) electrons. The van der Waals surface area contributed by atoms with Crippen molar-refractivity contribution < 1.29 is 19.8 Å². The van der Waals surface area contributed by atoms with Gasteiger partial charge < -0.3 is 10.2 Å². The standard InChI is InChI=1S/C13H25NO4/c1-4-6-8-14(9-7-11(15)16)12(13(17)18)10(3)5-2/h10,12H,4-9H2,1-3H3,(H,15,16)(H,17,18). The molecule has 0 saturated carbocycles. The van der Waals surface area contributed by atoms with Gasteiger partial charge in [0, 0.05) is 6.54 Å². The summed E-state index contributed by atoms with van der Waals surface area (Å²) < 4.78 is 0. The number of unbranched alkanes of at least 4 members (excludes halogenated alkanes) is 1. The van der Waals surface area contributed by atoms with Gasteiger partial charge in [-0.15, -0.1) is 0 Å². The fraction of sp³-hybridized carbons (Fsp3) is 0.846. The lowest BCUT2D eigenvalue weighted by atomic mass is 9.97. The molecule has 106 valence electrons. The minimum absolute atomic E-state index is 0.00999. The summed E-state index contributed by atoms with van der Waals surface area (Å²) in [5.74, 6) is -1.72. The van der Waals surface area contributed by atoms with Gasteiger partial charge >= 0.3 is 11.9 Å². The summed E-state index contributed by atoms with van der Waals surface area (Å²) in [5, 5.41) is 18.1. The third-order valence-electron chi connectivity index (χ3n) is 3.24. The molecule has 2 atom stereocenters. The van der Waals surface area contributed by atoms with Gasteiger partial charge in [-0.1, -0.05) is 33.6 Å². The number of hydrogen-bond acceptors (Lipinski definition) is 3. The topological polar surface area (TPSA) is 77.8 Å². The average Bonchev–Trinajstić information content (AvgIpc) is 2.31. The Morgan fingerprint density at radius 1 is 1.17 bits per heavy atom. The molecule has 0 aromatic heterocycles. The summed E-state index contributed by atoms with van der Waals surface area (Å²) in [4.78, 5) is 23.8. The Hall–Kier alpha value is -1.10. The van der Waals surface area contributed by atoms with Gasteiger partial charge in [-0.3, -0.25) is 14.5 Å². The maximum atomic E-state index is 11.4. The number of carbonyl (C=O) groups is 2. The van der Waals surface area contributed by atoms with E-state index in [0.717, 1.165) is 19.3 Å². The van der Waals surface area contributed by atoms with Gasteiger partial charge in [0.15, 0.2) is 0 Å². The fourth-order valence-corrected chi connectivity index (χ4v) is 1.97. The molecular formula is C13H25NO4. The molecule has 0 saturated heterocycles. The van der Waals surface area contributed by atoms with Crippen molar-refractivity contribution >= 4 is 11.9 Å². The molecule has 5 nitrogen and oxygen atoms in total. The van der Waals surface area contributed by atoms with Crippen LogP contribution in [0, 0.1) is 5.92 Å². The molecule has 5 heteroatoms. The van der Waals surface area contributed by atoms with Crippen molar-refractivity contribution in [3.05, 3.63) is 0 Å². The first-order valence-corrected chi connectivity index (χ1v) is 6.62. The van der Waals surface area contributed by atoms with Crippen molar-refractivity contribution in [3.63, 3.8) is 0 Å². The molecule has 18 heavy (non-hydrogen) atoms. The van der Waals surface area contributed by atoms with Crippen molar-refractivity contribution in [3.8, 4) is 0 Å². The normalized spacial score (nSPS) is 14.4. The van der Waals surface area contributed by atoms with Crippen LogP contribution < -0.4 is 0 Å². The molecule has 0 heterocycles. The van der Waals surface area contributed by atoms with E-state index in [1.807, 2.05) is 20.8 Å². The fourth-order valence-electron chi connectivity index (χ4n) is 1.97. The van der Waals surface area contributed by atoms with E-state index >= 15 is 0 Å². The number of hydrogen-bond donors (Lipinski definition) is 2. The summed E-state index contributed by atoms with van der Waals surface area (Å²) in [6, 6.07) is -0.583. The number of carboxylic acid groups (broad SMARTS) is 2. The van der Waals surface area contributed by atoms with E-state index in [9.17, 15) is 14.7 Å². The first kappa shape index (κ1) is 16.9. The number of carboxylic acids is 2. The average molecular weight is 259 g/mol. The van der Waals surface area contributed by atoms with Crippen LogP contribution in [-0.4, -0.2) is 46.2 Å². The van der Waals surface area contributed by atoms with Gasteiger partial charge in [0.1, 0.15) is 6.04 Å². The maximum absolute atomic E-state index is 11.4. The molecule has 0 aliphatic carbocycles. The van der Waals surface area contributed by atoms with Crippen LogP contribution in [0.25, 0.3) is 0 Å².